The molecule has 0 saturated carbocycles. The minimum atomic E-state index is 0.418. The van der Waals surface area contributed by atoms with E-state index in [0.717, 1.165) is 71.6 Å². The number of benzene rings is 7. The Morgan fingerprint density at radius 3 is 2.07 bits per heavy atom. The molecule has 7 aromatic carbocycles. The third kappa shape index (κ3) is 6.69. The third-order valence-electron chi connectivity index (χ3n) is 10.7. The number of rotatable bonds is 7. The Morgan fingerprint density at radius 1 is 0.561 bits per heavy atom. The highest BCUT2D eigenvalue weighted by molar-refractivity contribution is 7.25. The number of thiophene rings is 1. The van der Waals surface area contributed by atoms with Gasteiger partial charge in [-0.25, -0.2) is 4.99 Å². The minimum absolute atomic E-state index is 0.418. The van der Waals surface area contributed by atoms with Crippen molar-refractivity contribution >= 4 is 70.7 Å². The van der Waals surface area contributed by atoms with Crippen molar-refractivity contribution < 1.29 is 4.42 Å². The van der Waals surface area contributed by atoms with E-state index in [2.05, 4.69) is 140 Å². The molecule has 1 aliphatic carbocycles. The summed E-state index contributed by atoms with van der Waals surface area (Å²) in [6.45, 7) is 0.464. The number of hydrogen-bond acceptors (Lipinski definition) is 3. The molecule has 0 spiro atoms. The van der Waals surface area contributed by atoms with E-state index in [1.165, 1.54) is 27.0 Å². The number of aliphatic imine (C=N–C) groups is 2. The summed E-state index contributed by atoms with van der Waals surface area (Å²) in [5, 5.41) is 4.25. The summed E-state index contributed by atoms with van der Waals surface area (Å²) < 4.78 is 8.62. The number of nitrogens with two attached hydrogens (primary N) is 1. The van der Waals surface area contributed by atoms with Crippen molar-refractivity contribution in [3.8, 4) is 22.3 Å². The molecule has 0 unspecified atom stereocenters. The summed E-state index contributed by atoms with van der Waals surface area (Å²) in [6.07, 6.45) is 11.6. The molecule has 10 rings (SSSR count). The van der Waals surface area contributed by atoms with Crippen LogP contribution < -0.4 is 5.73 Å². The van der Waals surface area contributed by atoms with Crippen LogP contribution in [-0.2, 0) is 6.54 Å². The summed E-state index contributed by atoms with van der Waals surface area (Å²) in [6, 6.07) is 55.2. The van der Waals surface area contributed by atoms with Gasteiger partial charge in [0, 0.05) is 42.1 Å². The van der Waals surface area contributed by atoms with Gasteiger partial charge in [0.05, 0.1) is 6.54 Å². The molecule has 0 bridgehead atoms. The van der Waals surface area contributed by atoms with Crippen LogP contribution in [0.3, 0.4) is 0 Å². The van der Waals surface area contributed by atoms with E-state index in [-0.39, 0.29) is 0 Å². The van der Waals surface area contributed by atoms with Crippen molar-refractivity contribution in [1.82, 2.24) is 0 Å². The zero-order chi connectivity index (χ0) is 38.1. The number of furan rings is 1. The lowest BCUT2D eigenvalue weighted by molar-refractivity contribution is 0.669. The van der Waals surface area contributed by atoms with E-state index in [9.17, 15) is 0 Å². The van der Waals surface area contributed by atoms with E-state index in [1.54, 1.807) is 11.3 Å². The molecule has 2 heterocycles. The Balaban J connectivity index is 1.02. The summed E-state index contributed by atoms with van der Waals surface area (Å²) in [5.74, 6) is 0.984. The van der Waals surface area contributed by atoms with Gasteiger partial charge in [-0.15, -0.1) is 11.3 Å². The van der Waals surface area contributed by atoms with Gasteiger partial charge >= 0.3 is 0 Å². The van der Waals surface area contributed by atoms with Crippen LogP contribution in [0.25, 0.3) is 69.9 Å². The maximum atomic E-state index is 7.07. The number of para-hydroxylation sites is 1. The van der Waals surface area contributed by atoms with Gasteiger partial charge in [-0.05, 0) is 75.7 Å². The predicted octanol–water partition coefficient (Wildman–Crippen LogP) is 13.5. The number of fused-ring (bicyclic) bond motifs is 6. The molecule has 57 heavy (non-hydrogen) atoms. The van der Waals surface area contributed by atoms with Crippen LogP contribution >= 0.6 is 11.3 Å². The van der Waals surface area contributed by atoms with Crippen LogP contribution in [0.1, 0.15) is 28.7 Å². The highest BCUT2D eigenvalue weighted by atomic mass is 32.1. The van der Waals surface area contributed by atoms with Gasteiger partial charge in [-0.1, -0.05) is 158 Å². The highest BCUT2D eigenvalue weighted by Gasteiger charge is 2.18. The van der Waals surface area contributed by atoms with Crippen molar-refractivity contribution in [2.75, 3.05) is 0 Å². The molecule has 4 nitrogen and oxygen atoms in total. The van der Waals surface area contributed by atoms with Gasteiger partial charge in [0.25, 0.3) is 0 Å². The lowest BCUT2D eigenvalue weighted by atomic mass is 9.96. The molecule has 0 amide bonds. The molecular formula is C52H37N3OS. The Bertz CT molecular complexity index is 3110. The number of hydrogen-bond donors (Lipinski definition) is 1. The zero-order valence-electron chi connectivity index (χ0n) is 31.1. The first-order valence-corrected chi connectivity index (χ1v) is 20.0. The molecule has 0 radical (unpaired) electrons. The Labute approximate surface area is 335 Å². The zero-order valence-corrected chi connectivity index (χ0v) is 31.9. The second kappa shape index (κ2) is 14.9. The molecule has 1 aliphatic rings. The van der Waals surface area contributed by atoms with Gasteiger partial charge in [0.1, 0.15) is 17.0 Å². The smallest absolute Gasteiger partial charge is 0.158 e. The second-order valence-electron chi connectivity index (χ2n) is 14.3. The quantitative estimate of drug-likeness (QED) is 0.130. The monoisotopic (exact) mass is 751 g/mol. The fraction of sp³-hybridized carbons (Fsp3) is 0.0385. The Morgan fingerprint density at radius 2 is 1.25 bits per heavy atom. The number of nitrogens with zero attached hydrogens (tertiary/aromatic N) is 2. The molecule has 0 fully saturated rings. The molecule has 0 saturated heterocycles. The van der Waals surface area contributed by atoms with Crippen molar-refractivity contribution in [2.45, 2.75) is 13.0 Å². The minimum Gasteiger partial charge on any atom is -0.456 e. The Hall–Kier alpha value is -7.08. The standard InChI is InChI=1S/C52H37N3OS/c53-51(55-52(54-33-34-12-4-3-5-13-34)43-18-10-20-46-49(43)41-16-8-9-19-45(41)56-46)42-17-11-21-48-50(42)44-32-40(30-31-47(44)57-48)39-28-26-38(27-29-39)37-24-22-36(23-25-37)35-14-6-1-2-7-15-35/h1-14,16-32H,15,33H2,(H2,53,54,55). The molecule has 0 atom stereocenters. The van der Waals surface area contributed by atoms with Gasteiger partial charge in [0.15, 0.2) is 5.84 Å². The maximum Gasteiger partial charge on any atom is 0.158 e. The maximum absolute atomic E-state index is 7.07. The first kappa shape index (κ1) is 34.4. The second-order valence-corrected chi connectivity index (χ2v) is 15.3. The summed E-state index contributed by atoms with van der Waals surface area (Å²) in [7, 11) is 0. The van der Waals surface area contributed by atoms with Crippen molar-refractivity contribution in [3.05, 3.63) is 210 Å². The van der Waals surface area contributed by atoms with Gasteiger partial charge in [0.2, 0.25) is 0 Å². The Kier molecular flexibility index (Phi) is 8.98. The van der Waals surface area contributed by atoms with Crippen LogP contribution in [-0.4, -0.2) is 11.7 Å². The van der Waals surface area contributed by atoms with E-state index in [1.807, 2.05) is 48.5 Å². The first-order chi connectivity index (χ1) is 28.2. The summed E-state index contributed by atoms with van der Waals surface area (Å²) >= 11 is 1.77. The SMILES string of the molecule is NC(=NC(=NCc1ccccc1)c1cccc2oc3ccccc3c12)c1cccc2sc3ccc(-c4ccc(-c5ccc(C6=CC=CC=CC6)cc5)cc4)cc3c12. The predicted molar refractivity (Wildman–Crippen MR) is 242 cm³/mol. The highest BCUT2D eigenvalue weighted by Crippen LogP contribution is 2.39. The molecule has 272 valence electrons. The van der Waals surface area contributed by atoms with Gasteiger partial charge in [-0.2, -0.15) is 0 Å². The molecule has 2 N–H and O–H groups in total. The molecule has 0 aliphatic heterocycles. The van der Waals surface area contributed by atoms with Crippen LogP contribution in [0.2, 0.25) is 0 Å². The fourth-order valence-electron chi connectivity index (χ4n) is 7.81. The molecular weight excluding hydrogens is 715 g/mol. The van der Waals surface area contributed by atoms with Crippen LogP contribution in [0.4, 0.5) is 0 Å². The molecule has 9 aromatic rings. The van der Waals surface area contributed by atoms with Crippen molar-refractivity contribution in [1.29, 1.82) is 0 Å². The summed E-state index contributed by atoms with van der Waals surface area (Å²) in [5.41, 5.74) is 18.8. The average molecular weight is 752 g/mol. The van der Waals surface area contributed by atoms with E-state index in [0.29, 0.717) is 18.2 Å². The number of amidine groups is 2. The van der Waals surface area contributed by atoms with Crippen molar-refractivity contribution in [2.24, 2.45) is 15.7 Å². The third-order valence-corrected chi connectivity index (χ3v) is 11.8. The lowest BCUT2D eigenvalue weighted by Gasteiger charge is -2.09. The van der Waals surface area contributed by atoms with Crippen LogP contribution in [0.15, 0.2) is 203 Å². The first-order valence-electron chi connectivity index (χ1n) is 19.2. The van der Waals surface area contributed by atoms with Crippen LogP contribution in [0.5, 0.6) is 0 Å². The van der Waals surface area contributed by atoms with E-state index >= 15 is 0 Å². The lowest BCUT2D eigenvalue weighted by Crippen LogP contribution is -2.17. The van der Waals surface area contributed by atoms with Gasteiger partial charge < -0.3 is 10.2 Å². The normalized spacial score (nSPS) is 13.5. The van der Waals surface area contributed by atoms with Crippen molar-refractivity contribution in [3.63, 3.8) is 0 Å². The number of allylic oxidation sites excluding steroid dienone is 6. The largest absolute Gasteiger partial charge is 0.456 e. The topological polar surface area (TPSA) is 63.9 Å². The molecule has 2 aromatic heterocycles. The average Bonchev–Trinajstić information content (AvgIpc) is 3.72. The fourth-order valence-corrected chi connectivity index (χ4v) is 8.92. The van der Waals surface area contributed by atoms with E-state index < -0.39 is 0 Å². The van der Waals surface area contributed by atoms with E-state index in [4.69, 9.17) is 20.1 Å². The molecule has 5 heteroatoms. The van der Waals surface area contributed by atoms with Gasteiger partial charge in [-0.3, -0.25) is 4.99 Å². The summed E-state index contributed by atoms with van der Waals surface area (Å²) in [4.78, 5) is 10.3. The van der Waals surface area contributed by atoms with Crippen LogP contribution in [0, 0.1) is 0 Å².